The first-order valence-corrected chi connectivity index (χ1v) is 17.4. The van der Waals surface area contributed by atoms with E-state index in [1.165, 1.54) is 36.4 Å². The molecule has 0 saturated heterocycles. The van der Waals surface area contributed by atoms with Gasteiger partial charge in [0.25, 0.3) is 5.91 Å². The number of carbonyl (C=O) groups is 5. The second-order valence-electron chi connectivity index (χ2n) is 14.0. The summed E-state index contributed by atoms with van der Waals surface area (Å²) in [6.45, 7) is -1.15. The number of hydrogen-bond donors (Lipinski definition) is 14. The highest BCUT2D eigenvalue weighted by Gasteiger charge is 2.37. The third-order valence-electron chi connectivity index (χ3n) is 9.09. The summed E-state index contributed by atoms with van der Waals surface area (Å²) in [5.74, 6) is -5.81. The molecule has 304 valence electrons. The number of aliphatic hydroxyl groups is 6. The number of aromatic hydroxyl groups is 3. The number of phenols is 3. The zero-order valence-electron chi connectivity index (χ0n) is 30.5. The van der Waals surface area contributed by atoms with Crippen molar-refractivity contribution < 1.29 is 69.9 Å². The van der Waals surface area contributed by atoms with Crippen molar-refractivity contribution in [3.8, 4) is 17.2 Å². The number of quaternary nitrogens is 1. The molecular formula is C35H51N6O14+. The lowest BCUT2D eigenvalue weighted by atomic mass is 9.95. The Hall–Kier alpha value is -5.09. The van der Waals surface area contributed by atoms with Crippen LogP contribution < -0.4 is 31.1 Å². The molecular weight excluding hydrogens is 728 g/mol. The highest BCUT2D eigenvalue weighted by Crippen LogP contribution is 2.38. The predicted octanol–water partition coefficient (Wildman–Crippen LogP) is -4.48. The number of hydrogen-bond acceptors (Lipinski definition) is 14. The molecule has 0 aliphatic carbocycles. The van der Waals surface area contributed by atoms with Crippen molar-refractivity contribution in [1.82, 2.24) is 31.1 Å². The van der Waals surface area contributed by atoms with Gasteiger partial charge in [0.1, 0.15) is 36.1 Å². The summed E-state index contributed by atoms with van der Waals surface area (Å²) < 4.78 is 0.219. The van der Waals surface area contributed by atoms with Gasteiger partial charge in [0, 0.05) is 24.5 Å². The lowest BCUT2D eigenvalue weighted by Crippen LogP contribution is -2.62. The van der Waals surface area contributed by atoms with Crippen LogP contribution in [-0.2, 0) is 25.6 Å². The maximum absolute atomic E-state index is 13.1. The number of phenolic OH excluding ortho intramolecular Hbond substituents is 3. The van der Waals surface area contributed by atoms with Crippen molar-refractivity contribution in [3.63, 3.8) is 0 Å². The Bertz CT molecular complexity index is 1690. The Morgan fingerprint density at radius 3 is 1.98 bits per heavy atom. The Balaban J connectivity index is 1.55. The lowest BCUT2D eigenvalue weighted by molar-refractivity contribution is -0.136. The first-order valence-electron chi connectivity index (χ1n) is 17.4. The summed E-state index contributed by atoms with van der Waals surface area (Å²) in [6.07, 6.45) is -5.70. The van der Waals surface area contributed by atoms with E-state index >= 15 is 0 Å². The van der Waals surface area contributed by atoms with Crippen molar-refractivity contribution >= 4 is 35.2 Å². The van der Waals surface area contributed by atoms with Crippen LogP contribution in [0.15, 0.2) is 36.4 Å². The highest BCUT2D eigenvalue weighted by molar-refractivity contribution is 5.97. The van der Waals surface area contributed by atoms with E-state index in [1.54, 1.807) is 0 Å². The van der Waals surface area contributed by atoms with Crippen LogP contribution in [0.1, 0.15) is 35.7 Å². The van der Waals surface area contributed by atoms with Gasteiger partial charge in [0.05, 0.1) is 76.3 Å². The van der Waals surface area contributed by atoms with Crippen molar-refractivity contribution in [2.75, 3.05) is 40.5 Å². The van der Waals surface area contributed by atoms with Crippen molar-refractivity contribution in [2.24, 2.45) is 0 Å². The molecule has 20 nitrogen and oxygen atoms in total. The molecule has 8 unspecified atom stereocenters. The molecule has 14 N–H and O–H groups in total. The minimum Gasteiger partial charge on any atom is -0.507 e. The van der Waals surface area contributed by atoms with Crippen molar-refractivity contribution in [2.45, 2.75) is 74.7 Å². The molecule has 1 aliphatic rings. The Labute approximate surface area is 316 Å². The van der Waals surface area contributed by atoms with Gasteiger partial charge in [0.2, 0.25) is 23.6 Å². The maximum Gasteiger partial charge on any atom is 0.255 e. The van der Waals surface area contributed by atoms with Gasteiger partial charge in [0.15, 0.2) is 11.5 Å². The molecule has 0 radical (unpaired) electrons. The maximum atomic E-state index is 13.1. The number of rotatable bonds is 18. The molecule has 5 amide bonds. The number of benzene rings is 2. The van der Waals surface area contributed by atoms with Gasteiger partial charge in [-0.25, -0.2) is 0 Å². The molecule has 0 saturated carbocycles. The molecule has 3 rings (SSSR count). The summed E-state index contributed by atoms with van der Waals surface area (Å²) in [5, 5.41) is 102. The number of fused-ring (bicyclic) bond motifs is 1. The number of amides is 5. The van der Waals surface area contributed by atoms with E-state index in [4.69, 9.17) is 0 Å². The normalized spacial score (nSPS) is 18.5. The fraction of sp³-hybridized carbons (Fsp3) is 0.514. The van der Waals surface area contributed by atoms with Crippen molar-refractivity contribution in [1.29, 1.82) is 0 Å². The van der Waals surface area contributed by atoms with E-state index in [1.807, 2.05) is 14.1 Å². The molecule has 20 heteroatoms. The molecule has 55 heavy (non-hydrogen) atoms. The zero-order chi connectivity index (χ0) is 41.2. The van der Waals surface area contributed by atoms with Crippen LogP contribution in [0.2, 0.25) is 0 Å². The molecule has 1 aliphatic heterocycles. The highest BCUT2D eigenvalue weighted by atomic mass is 16.3. The van der Waals surface area contributed by atoms with Gasteiger partial charge in [-0.1, -0.05) is 12.1 Å². The van der Waals surface area contributed by atoms with Gasteiger partial charge in [-0.05, 0) is 25.1 Å². The second kappa shape index (κ2) is 19.5. The smallest absolute Gasteiger partial charge is 0.255 e. The summed E-state index contributed by atoms with van der Waals surface area (Å²) in [5.41, 5.74) is 1.24. The van der Waals surface area contributed by atoms with Crippen LogP contribution in [0.25, 0.3) is 0 Å². The number of para-hydroxylation sites is 1. The van der Waals surface area contributed by atoms with Crippen LogP contribution in [0.3, 0.4) is 0 Å². The monoisotopic (exact) mass is 779 g/mol. The van der Waals surface area contributed by atoms with Crippen molar-refractivity contribution in [3.05, 3.63) is 47.5 Å². The lowest BCUT2D eigenvalue weighted by Gasteiger charge is -2.39. The first kappa shape index (κ1) is 44.3. The zero-order valence-corrected chi connectivity index (χ0v) is 30.5. The Morgan fingerprint density at radius 2 is 1.38 bits per heavy atom. The number of nitrogens with one attached hydrogen (secondary N) is 5. The van der Waals surface area contributed by atoms with Crippen LogP contribution in [0.4, 0.5) is 5.69 Å². The van der Waals surface area contributed by atoms with E-state index in [-0.39, 0.29) is 33.7 Å². The van der Waals surface area contributed by atoms with E-state index in [9.17, 15) is 69.9 Å². The second-order valence-corrected chi connectivity index (χ2v) is 14.0. The van der Waals surface area contributed by atoms with Crippen LogP contribution in [0.5, 0.6) is 17.2 Å². The molecule has 2 aromatic rings. The number of aliphatic hydroxyl groups excluding tert-OH is 6. The van der Waals surface area contributed by atoms with Gasteiger partial charge in [-0.2, -0.15) is 0 Å². The summed E-state index contributed by atoms with van der Waals surface area (Å²) in [4.78, 5) is 64.4. The SMILES string of the molecule is CC(O)C(NC(=O)CC(O)CC(O)C(CO)NC(=O)c1ccccc1O)C(=O)NC(CO)C(=O)NC(CO)C(=O)NC1Cc2cc(O)c(O)cc2[N+](C)(C)C1. The standard InChI is InChI=1S/C35H50N6O14/c1-17(45)31(40-30(51)11-20(46)10-27(48)22(14-42)37-32(52)21-6-4-5-7-26(21)47)35(55)39-24(16-44)34(54)38-23(15-43)33(53)36-19-8-18-9-28(49)29(50)12-25(18)41(2,3)13-19/h4-7,9,12,17,19-20,22-24,27,31,42-46,48H,8,10-11,13-16H2,1-3H3,(H7-,36,37,38,39,40,47,49,50,51,52,53,54,55)/p+1. The molecule has 2 aromatic carbocycles. The Morgan fingerprint density at radius 1 is 0.782 bits per heavy atom. The Kier molecular flexibility index (Phi) is 15.7. The molecule has 0 spiro atoms. The molecule has 8 atom stereocenters. The number of likely N-dealkylation sites (N-methyl/N-ethyl adjacent to an activating group) is 1. The van der Waals surface area contributed by atoms with Crippen LogP contribution in [0, 0.1) is 0 Å². The molecule has 0 bridgehead atoms. The van der Waals surface area contributed by atoms with Crippen LogP contribution >= 0.6 is 0 Å². The summed E-state index contributed by atoms with van der Waals surface area (Å²) in [6, 6.07) is 1.56. The topological polar surface area (TPSA) is 328 Å². The molecule has 0 fully saturated rings. The van der Waals surface area contributed by atoms with E-state index in [0.29, 0.717) is 12.1 Å². The fourth-order valence-electron chi connectivity index (χ4n) is 6.19. The van der Waals surface area contributed by atoms with Gasteiger partial charge < -0.3 is 72.5 Å². The van der Waals surface area contributed by atoms with Gasteiger partial charge >= 0.3 is 0 Å². The first-order chi connectivity index (χ1) is 25.8. The average molecular weight is 780 g/mol. The van der Waals surface area contributed by atoms with E-state index < -0.39 is 111 Å². The predicted molar refractivity (Wildman–Crippen MR) is 193 cm³/mol. The molecule has 0 aromatic heterocycles. The van der Waals surface area contributed by atoms with Crippen LogP contribution in [-0.4, -0.2) is 164 Å². The third-order valence-corrected chi connectivity index (χ3v) is 9.09. The molecule has 1 heterocycles. The number of carbonyl (C=O) groups excluding carboxylic acids is 5. The minimum absolute atomic E-state index is 0.132. The summed E-state index contributed by atoms with van der Waals surface area (Å²) in [7, 11) is 3.64. The van der Waals surface area contributed by atoms with E-state index in [2.05, 4.69) is 26.6 Å². The van der Waals surface area contributed by atoms with E-state index in [0.717, 1.165) is 12.6 Å². The third kappa shape index (κ3) is 11.9. The fourth-order valence-corrected chi connectivity index (χ4v) is 6.19. The quantitative estimate of drug-likeness (QED) is 0.0502. The average Bonchev–Trinajstić information content (AvgIpc) is 3.10. The van der Waals surface area contributed by atoms with Gasteiger partial charge in [-0.15, -0.1) is 0 Å². The number of nitrogens with zero attached hydrogens (tertiary/aromatic N) is 1. The summed E-state index contributed by atoms with van der Waals surface area (Å²) >= 11 is 0. The van der Waals surface area contributed by atoms with Gasteiger partial charge in [-0.3, -0.25) is 28.5 Å². The largest absolute Gasteiger partial charge is 0.507 e. The minimum atomic E-state index is -1.72.